The summed E-state index contributed by atoms with van der Waals surface area (Å²) in [6.45, 7) is 13.5. The Morgan fingerprint density at radius 1 is 1.00 bits per heavy atom. The maximum atomic E-state index is 13.3. The molecule has 1 aromatic rings. The summed E-state index contributed by atoms with van der Waals surface area (Å²) in [4.78, 5) is 41.8. The molecule has 0 radical (unpaired) electrons. The van der Waals surface area contributed by atoms with Crippen molar-refractivity contribution in [3.8, 4) is 0 Å². The third-order valence-corrected chi connectivity index (χ3v) is 10.8. The van der Waals surface area contributed by atoms with Crippen LogP contribution in [0.15, 0.2) is 6.33 Å². The zero-order valence-corrected chi connectivity index (χ0v) is 25.4. The summed E-state index contributed by atoms with van der Waals surface area (Å²) in [6.07, 6.45) is 15.2. The van der Waals surface area contributed by atoms with Gasteiger partial charge in [0.2, 0.25) is 0 Å². The van der Waals surface area contributed by atoms with Gasteiger partial charge in [-0.25, -0.2) is 14.8 Å². The van der Waals surface area contributed by atoms with Gasteiger partial charge in [0, 0.05) is 63.6 Å². The van der Waals surface area contributed by atoms with E-state index in [0.717, 1.165) is 82.8 Å². The van der Waals surface area contributed by atoms with Crippen LogP contribution >= 0.6 is 0 Å². The van der Waals surface area contributed by atoms with E-state index in [-0.39, 0.29) is 23.1 Å². The van der Waals surface area contributed by atoms with E-state index < -0.39 is 0 Å². The Bertz CT molecular complexity index is 1020. The minimum absolute atomic E-state index is 0.0558. The quantitative estimate of drug-likeness (QED) is 0.427. The molecule has 1 unspecified atom stereocenters. The second kappa shape index (κ2) is 12.3. The van der Waals surface area contributed by atoms with Gasteiger partial charge in [-0.3, -0.25) is 9.69 Å². The number of hydrogen-bond acceptors (Lipinski definition) is 6. The Kier molecular flexibility index (Phi) is 9.03. The monoisotopic (exact) mass is 553 g/mol. The van der Waals surface area contributed by atoms with E-state index in [1.54, 1.807) is 0 Å². The molecule has 5 rings (SSSR count). The normalized spacial score (nSPS) is 25.7. The molecule has 0 bridgehead atoms. The van der Waals surface area contributed by atoms with Crippen LogP contribution in [0, 0.1) is 25.7 Å². The lowest BCUT2D eigenvalue weighted by Crippen LogP contribution is -2.63. The largest absolute Gasteiger partial charge is 0.442 e. The number of piperidine rings is 2. The zero-order chi connectivity index (χ0) is 28.3. The van der Waals surface area contributed by atoms with Crippen molar-refractivity contribution in [3.05, 3.63) is 23.3 Å². The molecule has 8 nitrogen and oxygen atoms in total. The molecule has 40 heavy (non-hydrogen) atoms. The number of rotatable bonds is 7. The van der Waals surface area contributed by atoms with Crippen LogP contribution in [0.25, 0.3) is 0 Å². The van der Waals surface area contributed by atoms with Crippen LogP contribution in [-0.4, -0.2) is 87.1 Å². The highest BCUT2D eigenvalue weighted by atomic mass is 16.6. The van der Waals surface area contributed by atoms with E-state index in [1.165, 1.54) is 51.3 Å². The summed E-state index contributed by atoms with van der Waals surface area (Å²) >= 11 is 0. The van der Waals surface area contributed by atoms with Crippen LogP contribution < -0.4 is 0 Å². The Morgan fingerprint density at radius 3 is 2.27 bits per heavy atom. The number of amides is 2. The molecule has 1 atom stereocenters. The maximum absolute atomic E-state index is 13.3. The summed E-state index contributed by atoms with van der Waals surface area (Å²) < 4.78 is 6.46. The SMILES string of the molecule is CCCCC1CN(CC2CCCCC2)C(=O)OC12CCN(C1(C)CCN(C(=O)c3c(C)ncnc3C)CC1)CC2. The number of ether oxygens (including phenoxy) is 1. The van der Waals surface area contributed by atoms with Crippen molar-refractivity contribution >= 4 is 12.0 Å². The summed E-state index contributed by atoms with van der Waals surface area (Å²) in [7, 11) is 0. The number of likely N-dealkylation sites (tertiary alicyclic amines) is 2. The highest BCUT2D eigenvalue weighted by Gasteiger charge is 2.51. The van der Waals surface area contributed by atoms with Gasteiger partial charge in [-0.05, 0) is 58.8 Å². The van der Waals surface area contributed by atoms with Gasteiger partial charge in [-0.2, -0.15) is 0 Å². The first-order valence-corrected chi connectivity index (χ1v) is 16.0. The van der Waals surface area contributed by atoms with Crippen molar-refractivity contribution in [2.75, 3.05) is 39.3 Å². The van der Waals surface area contributed by atoms with E-state index >= 15 is 0 Å². The van der Waals surface area contributed by atoms with Crippen molar-refractivity contribution in [1.29, 1.82) is 0 Å². The zero-order valence-electron chi connectivity index (χ0n) is 25.4. The van der Waals surface area contributed by atoms with Crippen LogP contribution in [-0.2, 0) is 4.74 Å². The van der Waals surface area contributed by atoms with E-state index in [0.29, 0.717) is 17.4 Å². The molecule has 1 aliphatic carbocycles. The molecule has 4 heterocycles. The summed E-state index contributed by atoms with van der Waals surface area (Å²) in [5, 5.41) is 0. The van der Waals surface area contributed by atoms with Gasteiger partial charge in [0.15, 0.2) is 0 Å². The van der Waals surface area contributed by atoms with Crippen molar-refractivity contribution in [3.63, 3.8) is 0 Å². The number of aryl methyl sites for hydroxylation is 2. The molecule has 8 heteroatoms. The van der Waals surface area contributed by atoms with Gasteiger partial charge in [-0.1, -0.05) is 39.0 Å². The van der Waals surface area contributed by atoms with Crippen LogP contribution in [0.5, 0.6) is 0 Å². The standard InChI is InChI=1S/C32H51N5O3/c1-5-6-12-27-22-36(21-26-10-8-7-9-11-26)30(39)40-32(27)15-19-37(20-16-32)31(4)13-17-35(18-14-31)29(38)28-24(2)33-23-34-25(28)3/h23,26-27H,5-22H2,1-4H3. The first-order chi connectivity index (χ1) is 19.2. The molecule has 1 aromatic heterocycles. The molecule has 4 aliphatic rings. The number of hydrogen-bond donors (Lipinski definition) is 0. The highest BCUT2D eigenvalue weighted by molar-refractivity contribution is 5.96. The molecule has 0 aromatic carbocycles. The van der Waals surface area contributed by atoms with E-state index in [9.17, 15) is 9.59 Å². The van der Waals surface area contributed by atoms with Gasteiger partial charge in [0.25, 0.3) is 5.91 Å². The minimum atomic E-state index is -0.318. The average Bonchev–Trinajstić information content (AvgIpc) is 2.95. The van der Waals surface area contributed by atoms with Gasteiger partial charge >= 0.3 is 6.09 Å². The lowest BCUT2D eigenvalue weighted by Gasteiger charge is -2.55. The summed E-state index contributed by atoms with van der Waals surface area (Å²) in [5.74, 6) is 1.12. The predicted molar refractivity (Wildman–Crippen MR) is 156 cm³/mol. The van der Waals surface area contributed by atoms with Gasteiger partial charge in [0.1, 0.15) is 11.9 Å². The first-order valence-electron chi connectivity index (χ1n) is 16.0. The van der Waals surface area contributed by atoms with E-state index in [4.69, 9.17) is 4.74 Å². The van der Waals surface area contributed by atoms with Crippen molar-refractivity contribution < 1.29 is 14.3 Å². The molecular formula is C32H51N5O3. The summed E-state index contributed by atoms with van der Waals surface area (Å²) in [6, 6.07) is 0. The molecule has 222 valence electrons. The second-order valence-corrected chi connectivity index (χ2v) is 13.4. The van der Waals surface area contributed by atoms with Crippen LogP contribution in [0.2, 0.25) is 0 Å². The number of unbranched alkanes of at least 4 members (excludes halogenated alkanes) is 1. The van der Waals surface area contributed by atoms with Crippen LogP contribution in [0.3, 0.4) is 0 Å². The van der Waals surface area contributed by atoms with Gasteiger partial charge in [0.05, 0.1) is 17.0 Å². The maximum Gasteiger partial charge on any atom is 0.410 e. The van der Waals surface area contributed by atoms with E-state index in [2.05, 4.69) is 33.6 Å². The molecule has 4 fully saturated rings. The Hall–Kier alpha value is -2.22. The molecule has 1 saturated carbocycles. The third kappa shape index (κ3) is 6.02. The topological polar surface area (TPSA) is 78.9 Å². The van der Waals surface area contributed by atoms with Gasteiger partial charge < -0.3 is 14.5 Å². The minimum Gasteiger partial charge on any atom is -0.442 e. The molecule has 0 N–H and O–H groups in total. The van der Waals surface area contributed by atoms with Crippen LogP contribution in [0.1, 0.15) is 113 Å². The van der Waals surface area contributed by atoms with Gasteiger partial charge in [-0.15, -0.1) is 0 Å². The third-order valence-electron chi connectivity index (χ3n) is 10.8. The van der Waals surface area contributed by atoms with Crippen molar-refractivity contribution in [2.24, 2.45) is 11.8 Å². The molecule has 3 aliphatic heterocycles. The fraction of sp³-hybridized carbons (Fsp3) is 0.812. The molecule has 3 saturated heterocycles. The van der Waals surface area contributed by atoms with Crippen molar-refractivity contribution in [2.45, 2.75) is 116 Å². The first kappa shape index (κ1) is 29.3. The fourth-order valence-electron chi connectivity index (χ4n) is 7.97. The number of nitrogens with zero attached hydrogens (tertiary/aromatic N) is 5. The Labute approximate surface area is 241 Å². The number of aromatic nitrogens is 2. The Morgan fingerprint density at radius 2 is 1.65 bits per heavy atom. The smallest absolute Gasteiger partial charge is 0.410 e. The lowest BCUT2D eigenvalue weighted by atomic mass is 9.74. The van der Waals surface area contributed by atoms with E-state index in [1.807, 2.05) is 18.7 Å². The summed E-state index contributed by atoms with van der Waals surface area (Å²) in [5.41, 5.74) is 1.90. The van der Waals surface area contributed by atoms with Crippen LogP contribution in [0.4, 0.5) is 4.79 Å². The fourth-order valence-corrected chi connectivity index (χ4v) is 7.97. The molecule has 1 spiro atoms. The average molecular weight is 554 g/mol. The number of carbonyl (C=O) groups excluding carboxylic acids is 2. The van der Waals surface area contributed by atoms with Crippen molar-refractivity contribution in [1.82, 2.24) is 24.7 Å². The number of carbonyl (C=O) groups is 2. The molecule has 2 amide bonds. The lowest BCUT2D eigenvalue weighted by molar-refractivity contribution is -0.134. The highest BCUT2D eigenvalue weighted by Crippen LogP contribution is 2.43. The Balaban J connectivity index is 1.19. The predicted octanol–water partition coefficient (Wildman–Crippen LogP) is 5.76. The second-order valence-electron chi connectivity index (χ2n) is 13.4. The molecular weight excluding hydrogens is 502 g/mol.